The van der Waals surface area contributed by atoms with Crippen LogP contribution in [-0.2, 0) is 4.79 Å². The molecule has 1 fully saturated rings. The third kappa shape index (κ3) is 3.83. The van der Waals surface area contributed by atoms with Gasteiger partial charge in [-0.3, -0.25) is 9.69 Å². The highest BCUT2D eigenvalue weighted by Gasteiger charge is 2.31. The van der Waals surface area contributed by atoms with Crippen LogP contribution in [0, 0.1) is 0 Å². The van der Waals surface area contributed by atoms with E-state index < -0.39 is 0 Å². The summed E-state index contributed by atoms with van der Waals surface area (Å²) in [7, 11) is 1.64. The fraction of sp³-hybridized carbons (Fsp3) is 0.136. The minimum atomic E-state index is -0.0634. The van der Waals surface area contributed by atoms with Crippen LogP contribution < -0.4 is 4.74 Å². The van der Waals surface area contributed by atoms with E-state index in [2.05, 4.69) is 0 Å². The zero-order valence-electron chi connectivity index (χ0n) is 16.0. The lowest BCUT2D eigenvalue weighted by molar-refractivity contribution is -0.121. The Balaban J connectivity index is 1.84. The molecule has 1 aliphatic heterocycles. The second-order valence-corrected chi connectivity index (χ2v) is 8.05. The number of rotatable bonds is 5. The van der Waals surface area contributed by atoms with Crippen LogP contribution in [0.3, 0.4) is 0 Å². The number of amides is 1. The van der Waals surface area contributed by atoms with E-state index in [0.29, 0.717) is 15.8 Å². The third-order valence-corrected chi connectivity index (χ3v) is 5.96. The standard InChI is InChI=1S/C22H19N3O2S2/c1-3-24-21(26)19(29-22(24)28)13-16-14-25(17-9-5-4-6-10-17)23-20(16)15-8-7-11-18(12-15)27-2/h4-14H,3H2,1-2H3/b19-13-. The average molecular weight is 422 g/mol. The Kier molecular flexibility index (Phi) is 5.51. The number of carbonyl (C=O) groups excluding carboxylic acids is 1. The Labute approximate surface area is 179 Å². The number of hydrogen-bond donors (Lipinski definition) is 0. The van der Waals surface area contributed by atoms with Gasteiger partial charge >= 0.3 is 0 Å². The molecule has 1 aromatic heterocycles. The van der Waals surface area contributed by atoms with Crippen LogP contribution in [0.5, 0.6) is 5.75 Å². The van der Waals surface area contributed by atoms with Gasteiger partial charge in [-0.05, 0) is 37.3 Å². The average Bonchev–Trinajstić information content (AvgIpc) is 3.29. The lowest BCUT2D eigenvalue weighted by atomic mass is 10.1. The molecule has 0 N–H and O–H groups in total. The Morgan fingerprint density at radius 1 is 1.17 bits per heavy atom. The number of hydrogen-bond acceptors (Lipinski definition) is 5. The number of thioether (sulfide) groups is 1. The number of aromatic nitrogens is 2. The molecule has 3 aromatic rings. The van der Waals surface area contributed by atoms with Crippen LogP contribution in [0.2, 0.25) is 0 Å². The number of methoxy groups -OCH3 is 1. The minimum Gasteiger partial charge on any atom is -0.497 e. The summed E-state index contributed by atoms with van der Waals surface area (Å²) in [6.45, 7) is 2.48. The van der Waals surface area contributed by atoms with E-state index in [-0.39, 0.29) is 5.91 Å². The van der Waals surface area contributed by atoms with Crippen LogP contribution in [0.25, 0.3) is 23.0 Å². The van der Waals surface area contributed by atoms with E-state index in [1.54, 1.807) is 12.0 Å². The van der Waals surface area contributed by atoms with Gasteiger partial charge in [-0.25, -0.2) is 4.68 Å². The van der Waals surface area contributed by atoms with Crippen molar-refractivity contribution >= 4 is 40.3 Å². The van der Waals surface area contributed by atoms with Gasteiger partial charge in [-0.15, -0.1) is 0 Å². The van der Waals surface area contributed by atoms with Gasteiger partial charge < -0.3 is 4.74 Å². The van der Waals surface area contributed by atoms with Crippen molar-refractivity contribution in [3.8, 4) is 22.7 Å². The van der Waals surface area contributed by atoms with Crippen molar-refractivity contribution in [3.63, 3.8) is 0 Å². The fourth-order valence-electron chi connectivity index (χ4n) is 3.11. The van der Waals surface area contributed by atoms with Crippen LogP contribution in [0.1, 0.15) is 12.5 Å². The van der Waals surface area contributed by atoms with Gasteiger partial charge in [0, 0.05) is 23.9 Å². The van der Waals surface area contributed by atoms with Crippen molar-refractivity contribution in [2.24, 2.45) is 0 Å². The second-order valence-electron chi connectivity index (χ2n) is 6.37. The highest BCUT2D eigenvalue weighted by atomic mass is 32.2. The number of benzene rings is 2. The van der Waals surface area contributed by atoms with E-state index in [9.17, 15) is 4.79 Å². The molecule has 7 heteroatoms. The molecule has 1 amide bonds. The largest absolute Gasteiger partial charge is 0.497 e. The quantitative estimate of drug-likeness (QED) is 0.439. The Morgan fingerprint density at radius 2 is 1.97 bits per heavy atom. The number of likely N-dealkylation sites (N-methyl/N-ethyl adjacent to an activating group) is 1. The first-order valence-corrected chi connectivity index (χ1v) is 10.4. The molecule has 0 atom stereocenters. The summed E-state index contributed by atoms with van der Waals surface area (Å²) in [4.78, 5) is 14.9. The van der Waals surface area contributed by atoms with Crippen molar-refractivity contribution in [1.82, 2.24) is 14.7 Å². The van der Waals surface area contributed by atoms with Crippen LogP contribution in [-0.4, -0.2) is 38.6 Å². The number of para-hydroxylation sites is 1. The molecule has 0 radical (unpaired) electrons. The van der Waals surface area contributed by atoms with Crippen LogP contribution >= 0.6 is 24.0 Å². The van der Waals surface area contributed by atoms with Gasteiger partial charge in [0.15, 0.2) is 0 Å². The highest BCUT2D eigenvalue weighted by molar-refractivity contribution is 8.26. The molecule has 146 valence electrons. The normalized spacial score (nSPS) is 15.4. The van der Waals surface area contributed by atoms with E-state index in [1.807, 2.05) is 78.5 Å². The predicted molar refractivity (Wildman–Crippen MR) is 121 cm³/mol. The zero-order valence-corrected chi connectivity index (χ0v) is 17.7. The molecule has 1 aliphatic rings. The first-order chi connectivity index (χ1) is 14.1. The van der Waals surface area contributed by atoms with E-state index in [1.165, 1.54) is 11.8 Å². The summed E-state index contributed by atoms with van der Waals surface area (Å²) in [6.07, 6.45) is 3.80. The molecule has 0 bridgehead atoms. The maximum absolute atomic E-state index is 12.7. The Bertz CT molecular complexity index is 1110. The molecule has 2 heterocycles. The number of nitrogens with zero attached hydrogens (tertiary/aromatic N) is 3. The number of ether oxygens (including phenoxy) is 1. The maximum atomic E-state index is 12.7. The van der Waals surface area contributed by atoms with Crippen molar-refractivity contribution < 1.29 is 9.53 Å². The molecule has 0 spiro atoms. The van der Waals surface area contributed by atoms with Crippen LogP contribution in [0.15, 0.2) is 65.7 Å². The molecule has 0 unspecified atom stereocenters. The van der Waals surface area contributed by atoms with Crippen molar-refractivity contribution in [3.05, 3.63) is 71.3 Å². The summed E-state index contributed by atoms with van der Waals surface area (Å²) in [5.74, 6) is 0.687. The smallest absolute Gasteiger partial charge is 0.266 e. The lowest BCUT2D eigenvalue weighted by Crippen LogP contribution is -2.27. The van der Waals surface area contributed by atoms with Crippen LogP contribution in [0.4, 0.5) is 0 Å². The van der Waals surface area contributed by atoms with E-state index in [0.717, 1.165) is 28.3 Å². The fourth-order valence-corrected chi connectivity index (χ4v) is 4.49. The molecule has 1 saturated heterocycles. The van der Waals surface area contributed by atoms with Crippen molar-refractivity contribution in [2.75, 3.05) is 13.7 Å². The first kappa shape index (κ1) is 19.4. The Morgan fingerprint density at radius 3 is 2.66 bits per heavy atom. The second kappa shape index (κ2) is 8.23. The molecule has 0 aliphatic carbocycles. The minimum absolute atomic E-state index is 0.0634. The molecular weight excluding hydrogens is 402 g/mol. The van der Waals surface area contributed by atoms with Gasteiger partial charge in [0.05, 0.1) is 17.7 Å². The van der Waals surface area contributed by atoms with Gasteiger partial charge in [0.25, 0.3) is 5.91 Å². The Hall–Kier alpha value is -2.90. The summed E-state index contributed by atoms with van der Waals surface area (Å²) in [6, 6.07) is 17.6. The van der Waals surface area contributed by atoms with E-state index >= 15 is 0 Å². The summed E-state index contributed by atoms with van der Waals surface area (Å²) in [5.41, 5.74) is 3.47. The van der Waals surface area contributed by atoms with Gasteiger partial charge in [-0.2, -0.15) is 5.10 Å². The van der Waals surface area contributed by atoms with Gasteiger partial charge in [0.2, 0.25) is 0 Å². The molecular formula is C22H19N3O2S2. The van der Waals surface area contributed by atoms with E-state index in [4.69, 9.17) is 22.1 Å². The molecule has 2 aromatic carbocycles. The summed E-state index contributed by atoms with van der Waals surface area (Å²) < 4.78 is 7.77. The zero-order chi connectivity index (χ0) is 20.4. The predicted octanol–water partition coefficient (Wildman–Crippen LogP) is 4.77. The molecule has 4 rings (SSSR count). The molecule has 5 nitrogen and oxygen atoms in total. The number of carbonyl (C=O) groups is 1. The third-order valence-electron chi connectivity index (χ3n) is 4.58. The highest BCUT2D eigenvalue weighted by Crippen LogP contribution is 2.35. The maximum Gasteiger partial charge on any atom is 0.266 e. The summed E-state index contributed by atoms with van der Waals surface area (Å²) >= 11 is 6.67. The van der Waals surface area contributed by atoms with Gasteiger partial charge in [-0.1, -0.05) is 54.3 Å². The molecule has 29 heavy (non-hydrogen) atoms. The lowest BCUT2D eigenvalue weighted by Gasteiger charge is -2.09. The topological polar surface area (TPSA) is 47.4 Å². The van der Waals surface area contributed by atoms with Gasteiger partial charge in [0.1, 0.15) is 15.8 Å². The van der Waals surface area contributed by atoms with Crippen molar-refractivity contribution in [2.45, 2.75) is 6.92 Å². The SMILES string of the molecule is CCN1C(=O)/C(=C/c2cn(-c3ccccc3)nc2-c2cccc(OC)c2)SC1=S. The molecule has 0 saturated carbocycles. The van der Waals surface area contributed by atoms with Crippen molar-refractivity contribution in [1.29, 1.82) is 0 Å². The summed E-state index contributed by atoms with van der Waals surface area (Å²) in [5, 5.41) is 4.80. The monoisotopic (exact) mass is 421 g/mol. The number of thiocarbonyl (C=S) groups is 1. The first-order valence-electron chi connectivity index (χ1n) is 9.15.